The molecule has 1 amide bonds. The molecule has 1 aliphatic heterocycles. The number of carbonyl (C=O) groups excluding carboxylic acids is 1. The van der Waals surface area contributed by atoms with Crippen LogP contribution < -0.4 is 0 Å². The third-order valence-electron chi connectivity index (χ3n) is 3.20. The van der Waals surface area contributed by atoms with Gasteiger partial charge in [-0.05, 0) is 59.3 Å². The zero-order valence-corrected chi connectivity index (χ0v) is 11.9. The van der Waals surface area contributed by atoms with Gasteiger partial charge in [0.25, 0.3) is 0 Å². The summed E-state index contributed by atoms with van der Waals surface area (Å²) in [4.78, 5) is 14.0. The van der Waals surface area contributed by atoms with E-state index in [-0.39, 0.29) is 12.7 Å². The van der Waals surface area contributed by atoms with Crippen LogP contribution in [0.2, 0.25) is 0 Å². The van der Waals surface area contributed by atoms with Crippen molar-refractivity contribution in [2.45, 2.75) is 70.9 Å². The van der Waals surface area contributed by atoms with Gasteiger partial charge in [0.2, 0.25) is 0 Å². The van der Waals surface area contributed by atoms with Gasteiger partial charge in [-0.3, -0.25) is 0 Å². The summed E-state index contributed by atoms with van der Waals surface area (Å²) in [6.45, 7) is 6.73. The maximum Gasteiger partial charge on any atom is 0.410 e. The fourth-order valence-electron chi connectivity index (χ4n) is 2.35. The number of rotatable bonds is 4. The monoisotopic (exact) mass is 257 g/mol. The average molecular weight is 257 g/mol. The molecule has 1 saturated heterocycles. The highest BCUT2D eigenvalue weighted by Gasteiger charge is 2.29. The summed E-state index contributed by atoms with van der Waals surface area (Å²) < 4.78 is 5.45. The van der Waals surface area contributed by atoms with Crippen molar-refractivity contribution in [1.29, 1.82) is 0 Å². The van der Waals surface area contributed by atoms with E-state index in [0.29, 0.717) is 6.04 Å². The Kier molecular flexibility index (Phi) is 5.93. The number of unbranched alkanes of at least 4 members (excludes halogenated alkanes) is 1. The van der Waals surface area contributed by atoms with Crippen LogP contribution in [-0.4, -0.2) is 40.9 Å². The number of nitrogens with zero attached hydrogens (tertiary/aromatic N) is 1. The molecule has 0 aromatic heterocycles. The molecule has 0 aromatic rings. The van der Waals surface area contributed by atoms with E-state index in [1.54, 1.807) is 0 Å². The number of ether oxygens (including phenoxy) is 1. The summed E-state index contributed by atoms with van der Waals surface area (Å²) in [7, 11) is 0. The van der Waals surface area contributed by atoms with E-state index in [9.17, 15) is 4.79 Å². The molecule has 4 heteroatoms. The van der Waals surface area contributed by atoms with Crippen molar-refractivity contribution in [2.24, 2.45) is 0 Å². The number of carbonyl (C=O) groups is 1. The lowest BCUT2D eigenvalue weighted by Crippen LogP contribution is -2.46. The van der Waals surface area contributed by atoms with Gasteiger partial charge in [0.15, 0.2) is 0 Å². The molecule has 0 bridgehead atoms. The first-order valence-corrected chi connectivity index (χ1v) is 7.04. The molecule has 1 atom stereocenters. The number of likely N-dealkylation sites (tertiary alicyclic amines) is 1. The maximum absolute atomic E-state index is 12.1. The van der Waals surface area contributed by atoms with Gasteiger partial charge in [-0.1, -0.05) is 0 Å². The van der Waals surface area contributed by atoms with E-state index >= 15 is 0 Å². The van der Waals surface area contributed by atoms with Crippen LogP contribution in [0.5, 0.6) is 0 Å². The van der Waals surface area contributed by atoms with Gasteiger partial charge >= 0.3 is 6.09 Å². The van der Waals surface area contributed by atoms with Gasteiger partial charge in [0, 0.05) is 19.2 Å². The molecule has 106 valence electrons. The Morgan fingerprint density at radius 3 is 2.67 bits per heavy atom. The summed E-state index contributed by atoms with van der Waals surface area (Å²) in [6.07, 6.45) is 5.89. The average Bonchev–Trinajstić information content (AvgIpc) is 2.27. The molecule has 0 saturated carbocycles. The standard InChI is InChI=1S/C14H27NO3/c1-14(2,3)18-13(17)15-10-6-4-8-12(15)9-5-7-11-16/h12,16H,4-11H2,1-3H3/t12-/m1/s1. The van der Waals surface area contributed by atoms with E-state index in [0.717, 1.165) is 38.6 Å². The molecule has 0 aliphatic carbocycles. The smallest absolute Gasteiger partial charge is 0.410 e. The Labute approximate surface area is 110 Å². The first-order chi connectivity index (χ1) is 8.44. The van der Waals surface area contributed by atoms with Crippen molar-refractivity contribution in [3.8, 4) is 0 Å². The van der Waals surface area contributed by atoms with Gasteiger partial charge in [-0.2, -0.15) is 0 Å². The molecule has 1 fully saturated rings. The molecule has 18 heavy (non-hydrogen) atoms. The zero-order chi connectivity index (χ0) is 13.6. The first kappa shape index (κ1) is 15.3. The maximum atomic E-state index is 12.1. The zero-order valence-electron chi connectivity index (χ0n) is 11.9. The van der Waals surface area contributed by atoms with Crippen molar-refractivity contribution >= 4 is 6.09 Å². The van der Waals surface area contributed by atoms with Crippen molar-refractivity contribution in [3.63, 3.8) is 0 Å². The Morgan fingerprint density at radius 1 is 1.33 bits per heavy atom. The van der Waals surface area contributed by atoms with E-state index in [1.165, 1.54) is 6.42 Å². The van der Waals surface area contributed by atoms with Crippen LogP contribution in [-0.2, 0) is 4.74 Å². The second-order valence-electron chi connectivity index (χ2n) is 6.04. The topological polar surface area (TPSA) is 49.8 Å². The Hall–Kier alpha value is -0.770. The summed E-state index contributed by atoms with van der Waals surface area (Å²) in [5.41, 5.74) is -0.426. The van der Waals surface area contributed by atoms with Crippen LogP contribution >= 0.6 is 0 Å². The molecule has 1 N–H and O–H groups in total. The third-order valence-corrected chi connectivity index (χ3v) is 3.20. The third kappa shape index (κ3) is 5.25. The Morgan fingerprint density at radius 2 is 2.06 bits per heavy atom. The molecule has 0 radical (unpaired) electrons. The van der Waals surface area contributed by atoms with E-state index in [2.05, 4.69) is 0 Å². The second-order valence-corrected chi connectivity index (χ2v) is 6.04. The fraction of sp³-hybridized carbons (Fsp3) is 0.929. The Bertz CT molecular complexity index is 260. The minimum Gasteiger partial charge on any atom is -0.444 e. The molecule has 1 rings (SSSR count). The van der Waals surface area contributed by atoms with Crippen molar-refractivity contribution in [1.82, 2.24) is 4.90 Å². The van der Waals surface area contributed by atoms with Crippen LogP contribution in [0, 0.1) is 0 Å². The van der Waals surface area contributed by atoms with Gasteiger partial charge in [-0.25, -0.2) is 4.79 Å². The number of amides is 1. The SMILES string of the molecule is CC(C)(C)OC(=O)N1CCCC[C@@H]1CCCCO. The fourth-order valence-corrected chi connectivity index (χ4v) is 2.35. The molecule has 1 aliphatic rings. The summed E-state index contributed by atoms with van der Waals surface area (Å²) in [5.74, 6) is 0. The number of piperidine rings is 1. The van der Waals surface area contributed by atoms with Gasteiger partial charge in [0.1, 0.15) is 5.60 Å². The number of aliphatic hydroxyl groups excluding tert-OH is 1. The van der Waals surface area contributed by atoms with Crippen molar-refractivity contribution < 1.29 is 14.6 Å². The molecular weight excluding hydrogens is 230 g/mol. The van der Waals surface area contributed by atoms with E-state index < -0.39 is 5.60 Å². The highest BCUT2D eigenvalue weighted by molar-refractivity contribution is 5.68. The number of hydrogen-bond acceptors (Lipinski definition) is 3. The molecule has 0 spiro atoms. The lowest BCUT2D eigenvalue weighted by atomic mass is 9.98. The molecule has 1 heterocycles. The predicted molar refractivity (Wildman–Crippen MR) is 71.5 cm³/mol. The Balaban J connectivity index is 2.50. The second kappa shape index (κ2) is 6.98. The highest BCUT2D eigenvalue weighted by Crippen LogP contribution is 2.23. The highest BCUT2D eigenvalue weighted by atomic mass is 16.6. The van der Waals surface area contributed by atoms with Crippen LogP contribution in [0.25, 0.3) is 0 Å². The summed E-state index contributed by atoms with van der Waals surface area (Å²) in [6, 6.07) is 0.292. The van der Waals surface area contributed by atoms with Crippen LogP contribution in [0.3, 0.4) is 0 Å². The number of hydrogen-bond donors (Lipinski definition) is 1. The van der Waals surface area contributed by atoms with E-state index in [1.807, 2.05) is 25.7 Å². The van der Waals surface area contributed by atoms with Gasteiger partial charge < -0.3 is 14.7 Å². The van der Waals surface area contributed by atoms with Crippen molar-refractivity contribution in [2.75, 3.05) is 13.2 Å². The first-order valence-electron chi connectivity index (χ1n) is 7.04. The summed E-state index contributed by atoms with van der Waals surface area (Å²) >= 11 is 0. The normalized spacial score (nSPS) is 20.9. The van der Waals surface area contributed by atoms with Crippen LogP contribution in [0.15, 0.2) is 0 Å². The predicted octanol–water partition coefficient (Wildman–Crippen LogP) is 2.94. The van der Waals surface area contributed by atoms with Crippen LogP contribution in [0.4, 0.5) is 4.79 Å². The quantitative estimate of drug-likeness (QED) is 0.788. The molecule has 0 aromatic carbocycles. The summed E-state index contributed by atoms with van der Waals surface area (Å²) in [5, 5.41) is 8.82. The largest absolute Gasteiger partial charge is 0.444 e. The van der Waals surface area contributed by atoms with Crippen LogP contribution in [0.1, 0.15) is 59.3 Å². The van der Waals surface area contributed by atoms with E-state index in [4.69, 9.17) is 9.84 Å². The van der Waals surface area contributed by atoms with Crippen molar-refractivity contribution in [3.05, 3.63) is 0 Å². The van der Waals surface area contributed by atoms with Gasteiger partial charge in [0.05, 0.1) is 0 Å². The molecule has 0 unspecified atom stereocenters. The van der Waals surface area contributed by atoms with Gasteiger partial charge in [-0.15, -0.1) is 0 Å². The molecule has 4 nitrogen and oxygen atoms in total. The number of aliphatic hydroxyl groups is 1. The minimum absolute atomic E-state index is 0.184. The lowest BCUT2D eigenvalue weighted by molar-refractivity contribution is 0.00850. The lowest BCUT2D eigenvalue weighted by Gasteiger charge is -2.36. The molecular formula is C14H27NO3. The minimum atomic E-state index is -0.426.